The van der Waals surface area contributed by atoms with E-state index in [0.717, 1.165) is 3.79 Å². The molecule has 0 bridgehead atoms. The van der Waals surface area contributed by atoms with Gasteiger partial charge in [0.1, 0.15) is 11.8 Å². The molecule has 0 aliphatic carbocycles. The van der Waals surface area contributed by atoms with Crippen LogP contribution in [0.4, 0.5) is 0 Å². The average Bonchev–Trinajstić information content (AvgIpc) is 3.01. The molecule has 25 heavy (non-hydrogen) atoms. The SMILES string of the molecule is CC(NC(=O)c1ccc(Br)s1)C(=O)NNC(=O)c1cc(Cl)ccc1O. The Balaban J connectivity index is 1.89. The first kappa shape index (κ1) is 19.2. The van der Waals surface area contributed by atoms with Gasteiger partial charge in [-0.05, 0) is 53.2 Å². The maximum absolute atomic E-state index is 12.0. The molecular formula is C15H13BrClN3O4S. The van der Waals surface area contributed by atoms with Gasteiger partial charge in [-0.2, -0.15) is 0 Å². The third kappa shape index (κ3) is 5.18. The molecule has 0 aliphatic rings. The van der Waals surface area contributed by atoms with Gasteiger partial charge in [-0.15, -0.1) is 11.3 Å². The number of phenolic OH excluding ortho intramolecular Hbond substituents is 1. The number of hydrogen-bond donors (Lipinski definition) is 4. The maximum Gasteiger partial charge on any atom is 0.273 e. The monoisotopic (exact) mass is 445 g/mol. The number of hydrazine groups is 1. The molecule has 0 saturated heterocycles. The lowest BCUT2D eigenvalue weighted by atomic mass is 10.2. The van der Waals surface area contributed by atoms with Crippen molar-refractivity contribution in [2.24, 2.45) is 0 Å². The van der Waals surface area contributed by atoms with Gasteiger partial charge in [-0.1, -0.05) is 11.6 Å². The summed E-state index contributed by atoms with van der Waals surface area (Å²) in [7, 11) is 0. The van der Waals surface area contributed by atoms with E-state index >= 15 is 0 Å². The minimum absolute atomic E-state index is 0.0899. The van der Waals surface area contributed by atoms with Crippen LogP contribution in [-0.2, 0) is 4.79 Å². The summed E-state index contributed by atoms with van der Waals surface area (Å²) in [6.07, 6.45) is 0. The summed E-state index contributed by atoms with van der Waals surface area (Å²) in [5.41, 5.74) is 4.24. The fourth-order valence-electron chi connectivity index (χ4n) is 1.75. The predicted molar refractivity (Wildman–Crippen MR) is 97.7 cm³/mol. The Bertz CT molecular complexity index is 827. The molecular weight excluding hydrogens is 434 g/mol. The minimum Gasteiger partial charge on any atom is -0.507 e. The number of hydrogen-bond acceptors (Lipinski definition) is 5. The molecule has 10 heteroatoms. The molecule has 4 N–H and O–H groups in total. The van der Waals surface area contributed by atoms with Crippen molar-refractivity contribution in [2.45, 2.75) is 13.0 Å². The fraction of sp³-hybridized carbons (Fsp3) is 0.133. The second kappa shape index (κ2) is 8.32. The van der Waals surface area contributed by atoms with Crippen LogP contribution in [0.3, 0.4) is 0 Å². The van der Waals surface area contributed by atoms with E-state index in [1.54, 1.807) is 12.1 Å². The lowest BCUT2D eigenvalue weighted by Crippen LogP contribution is -2.51. The summed E-state index contributed by atoms with van der Waals surface area (Å²) < 4.78 is 0.795. The van der Waals surface area contributed by atoms with Gasteiger partial charge in [0.25, 0.3) is 17.7 Å². The Morgan fingerprint density at radius 1 is 1.16 bits per heavy atom. The summed E-state index contributed by atoms with van der Waals surface area (Å²) in [5.74, 6) is -2.05. The van der Waals surface area contributed by atoms with Crippen molar-refractivity contribution in [1.29, 1.82) is 0 Å². The van der Waals surface area contributed by atoms with E-state index in [2.05, 4.69) is 32.1 Å². The number of carbonyl (C=O) groups excluding carboxylic acids is 3. The zero-order valence-electron chi connectivity index (χ0n) is 12.8. The summed E-state index contributed by atoms with van der Waals surface area (Å²) in [6, 6.07) is 6.41. The van der Waals surface area contributed by atoms with Crippen molar-refractivity contribution in [3.8, 4) is 5.75 Å². The van der Waals surface area contributed by atoms with Crippen LogP contribution >= 0.6 is 38.9 Å². The molecule has 0 saturated carbocycles. The number of carbonyl (C=O) groups is 3. The Kier molecular flexibility index (Phi) is 6.40. The maximum atomic E-state index is 12.0. The third-order valence-electron chi connectivity index (χ3n) is 3.04. The van der Waals surface area contributed by atoms with Crippen LogP contribution in [0.1, 0.15) is 27.0 Å². The number of phenols is 1. The van der Waals surface area contributed by atoms with Crippen LogP contribution in [0.15, 0.2) is 34.1 Å². The van der Waals surface area contributed by atoms with E-state index in [-0.39, 0.29) is 16.3 Å². The van der Waals surface area contributed by atoms with E-state index in [4.69, 9.17) is 11.6 Å². The molecule has 7 nitrogen and oxygen atoms in total. The first-order valence-electron chi connectivity index (χ1n) is 6.93. The molecule has 1 aromatic heterocycles. The van der Waals surface area contributed by atoms with Gasteiger partial charge < -0.3 is 10.4 Å². The molecule has 0 aliphatic heterocycles. The molecule has 132 valence electrons. The summed E-state index contributed by atoms with van der Waals surface area (Å²) in [4.78, 5) is 36.3. The lowest BCUT2D eigenvalue weighted by Gasteiger charge is -2.14. The van der Waals surface area contributed by atoms with Crippen LogP contribution in [0.5, 0.6) is 5.75 Å². The Morgan fingerprint density at radius 3 is 2.52 bits per heavy atom. The molecule has 2 aromatic rings. The largest absolute Gasteiger partial charge is 0.507 e. The van der Waals surface area contributed by atoms with Crippen molar-refractivity contribution >= 4 is 56.6 Å². The average molecular weight is 447 g/mol. The lowest BCUT2D eigenvalue weighted by molar-refractivity contribution is -0.123. The minimum atomic E-state index is -0.887. The number of rotatable bonds is 4. The van der Waals surface area contributed by atoms with Crippen LogP contribution < -0.4 is 16.2 Å². The van der Waals surface area contributed by atoms with E-state index in [0.29, 0.717) is 4.88 Å². The normalized spacial score (nSPS) is 11.5. The molecule has 0 fully saturated rings. The highest BCUT2D eigenvalue weighted by molar-refractivity contribution is 9.11. The number of nitrogens with one attached hydrogen (secondary N) is 3. The second-order valence-electron chi connectivity index (χ2n) is 4.90. The summed E-state index contributed by atoms with van der Waals surface area (Å²) in [5, 5.41) is 12.4. The van der Waals surface area contributed by atoms with Crippen molar-refractivity contribution in [3.63, 3.8) is 0 Å². The van der Waals surface area contributed by atoms with Gasteiger partial charge in [0.2, 0.25) is 0 Å². The fourth-order valence-corrected chi connectivity index (χ4v) is 3.22. The molecule has 1 aromatic carbocycles. The van der Waals surface area contributed by atoms with E-state index in [1.807, 2.05) is 0 Å². The van der Waals surface area contributed by atoms with Gasteiger partial charge in [-0.25, -0.2) is 0 Å². The highest BCUT2D eigenvalue weighted by atomic mass is 79.9. The van der Waals surface area contributed by atoms with Crippen LogP contribution in [0, 0.1) is 0 Å². The number of thiophene rings is 1. The van der Waals surface area contributed by atoms with Gasteiger partial charge in [0.05, 0.1) is 14.2 Å². The van der Waals surface area contributed by atoms with Crippen molar-refractivity contribution in [3.05, 3.63) is 49.6 Å². The highest BCUT2D eigenvalue weighted by Gasteiger charge is 2.19. The zero-order chi connectivity index (χ0) is 18.6. The summed E-state index contributed by atoms with van der Waals surface area (Å²) in [6.45, 7) is 1.47. The zero-order valence-corrected chi connectivity index (χ0v) is 16.0. The van der Waals surface area contributed by atoms with Crippen LogP contribution in [0.25, 0.3) is 0 Å². The Labute approximate surface area is 160 Å². The quantitative estimate of drug-likeness (QED) is 0.541. The first-order valence-corrected chi connectivity index (χ1v) is 8.91. The third-order valence-corrected chi connectivity index (χ3v) is 4.90. The number of benzene rings is 1. The van der Waals surface area contributed by atoms with E-state index in [1.165, 1.54) is 36.5 Å². The van der Waals surface area contributed by atoms with Crippen molar-refractivity contribution in [2.75, 3.05) is 0 Å². The number of aromatic hydroxyl groups is 1. The standard InChI is InChI=1S/C15H13BrClN3O4S/c1-7(18-15(24)11-4-5-12(16)25-11)13(22)19-20-14(23)9-6-8(17)2-3-10(9)21/h2-7,21H,1H3,(H,18,24)(H,19,22)(H,20,23). The van der Waals surface area contributed by atoms with Crippen molar-refractivity contribution < 1.29 is 19.5 Å². The molecule has 0 spiro atoms. The second-order valence-corrected chi connectivity index (χ2v) is 7.80. The molecule has 0 radical (unpaired) electrons. The van der Waals surface area contributed by atoms with Gasteiger partial charge in [-0.3, -0.25) is 25.2 Å². The number of halogens is 2. The van der Waals surface area contributed by atoms with E-state index in [9.17, 15) is 19.5 Å². The van der Waals surface area contributed by atoms with Gasteiger partial charge >= 0.3 is 0 Å². The molecule has 1 heterocycles. The topological polar surface area (TPSA) is 108 Å². The molecule has 3 amide bonds. The molecule has 2 rings (SSSR count). The first-order chi connectivity index (χ1) is 11.8. The summed E-state index contributed by atoms with van der Waals surface area (Å²) >= 11 is 10.2. The molecule has 1 unspecified atom stereocenters. The van der Waals surface area contributed by atoms with Crippen LogP contribution in [-0.4, -0.2) is 28.9 Å². The van der Waals surface area contributed by atoms with Gasteiger partial charge in [0.15, 0.2) is 0 Å². The van der Waals surface area contributed by atoms with Crippen LogP contribution in [0.2, 0.25) is 5.02 Å². The smallest absolute Gasteiger partial charge is 0.273 e. The Morgan fingerprint density at radius 2 is 1.88 bits per heavy atom. The van der Waals surface area contributed by atoms with Gasteiger partial charge in [0, 0.05) is 5.02 Å². The highest BCUT2D eigenvalue weighted by Crippen LogP contribution is 2.22. The predicted octanol–water partition coefficient (Wildman–Crippen LogP) is 2.45. The molecule has 1 atom stereocenters. The Hall–Kier alpha value is -2.10. The van der Waals surface area contributed by atoms with E-state index < -0.39 is 23.8 Å². The van der Waals surface area contributed by atoms with Crippen molar-refractivity contribution in [1.82, 2.24) is 16.2 Å². The number of amides is 3.